The van der Waals surface area contributed by atoms with Crippen molar-refractivity contribution in [3.05, 3.63) is 53.8 Å². The van der Waals surface area contributed by atoms with Gasteiger partial charge in [0.25, 0.3) is 0 Å². The first-order chi connectivity index (χ1) is 9.97. The summed E-state index contributed by atoms with van der Waals surface area (Å²) in [7, 11) is 0. The molecule has 0 fully saturated rings. The van der Waals surface area contributed by atoms with Crippen LogP contribution in [0.15, 0.2) is 48.2 Å². The van der Waals surface area contributed by atoms with Crippen LogP contribution in [0.2, 0.25) is 0 Å². The van der Waals surface area contributed by atoms with E-state index in [2.05, 4.69) is 0 Å². The summed E-state index contributed by atoms with van der Waals surface area (Å²) in [4.78, 5) is 11.6. The summed E-state index contributed by atoms with van der Waals surface area (Å²) in [5.74, 6) is -1.91. The normalized spacial score (nSPS) is 16.7. The first-order valence-electron chi connectivity index (χ1n) is 6.29. The molecule has 6 nitrogen and oxygen atoms in total. The Morgan fingerprint density at radius 3 is 2.33 bits per heavy atom. The van der Waals surface area contributed by atoms with Crippen molar-refractivity contribution in [3.63, 3.8) is 0 Å². The lowest BCUT2D eigenvalue weighted by Crippen LogP contribution is -2.44. The molecule has 5 N–H and O–H groups in total. The van der Waals surface area contributed by atoms with Crippen molar-refractivity contribution in [2.24, 2.45) is 0 Å². The monoisotopic (exact) mass is 294 g/mol. The summed E-state index contributed by atoms with van der Waals surface area (Å²) < 4.78 is 0. The largest absolute Gasteiger partial charge is 0.504 e. The van der Waals surface area contributed by atoms with Gasteiger partial charge in [-0.2, -0.15) is 0 Å². The van der Waals surface area contributed by atoms with E-state index >= 15 is 0 Å². The van der Waals surface area contributed by atoms with Gasteiger partial charge in [0.05, 0.1) is 6.61 Å². The van der Waals surface area contributed by atoms with E-state index in [9.17, 15) is 20.1 Å². The Labute approximate surface area is 121 Å². The summed E-state index contributed by atoms with van der Waals surface area (Å²) >= 11 is 0. The Bertz CT molecular complexity index is 508. The number of hydrogen-bond donors (Lipinski definition) is 5. The molecular weight excluding hydrogens is 276 g/mol. The van der Waals surface area contributed by atoms with Crippen molar-refractivity contribution < 1.29 is 30.3 Å². The molecule has 114 valence electrons. The van der Waals surface area contributed by atoms with Crippen LogP contribution in [0, 0.1) is 0 Å². The Kier molecular flexibility index (Phi) is 6.77. The molecule has 6 heteroatoms. The molecule has 3 atom stereocenters. The van der Waals surface area contributed by atoms with Crippen LogP contribution in [0.25, 0.3) is 6.08 Å². The van der Waals surface area contributed by atoms with E-state index in [0.717, 1.165) is 11.6 Å². The summed E-state index contributed by atoms with van der Waals surface area (Å²) in [6.07, 6.45) is -1.46. The smallest absolute Gasteiger partial charge is 0.228 e. The van der Waals surface area contributed by atoms with Gasteiger partial charge in [-0.05, 0) is 11.6 Å². The third-order valence-corrected chi connectivity index (χ3v) is 2.77. The van der Waals surface area contributed by atoms with E-state index in [1.165, 1.54) is 6.08 Å². The Morgan fingerprint density at radius 1 is 1.14 bits per heavy atom. The van der Waals surface area contributed by atoms with Gasteiger partial charge in [0.15, 0.2) is 5.76 Å². The number of aliphatic hydroxyl groups excluding tert-OH is 5. The Morgan fingerprint density at radius 2 is 1.76 bits per heavy atom. The number of aliphatic hydroxyl groups is 5. The van der Waals surface area contributed by atoms with Crippen molar-refractivity contribution in [1.82, 2.24) is 0 Å². The topological polar surface area (TPSA) is 118 Å². The molecule has 0 saturated carbocycles. The molecule has 1 aromatic carbocycles. The molecule has 0 saturated heterocycles. The second-order valence-electron chi connectivity index (χ2n) is 4.37. The van der Waals surface area contributed by atoms with Crippen LogP contribution in [0.4, 0.5) is 0 Å². The third kappa shape index (κ3) is 5.13. The van der Waals surface area contributed by atoms with E-state index in [1.807, 2.05) is 30.3 Å². The predicted octanol–water partition coefficient (Wildman–Crippen LogP) is -0.214. The highest BCUT2D eigenvalue weighted by atomic mass is 16.4. The molecule has 21 heavy (non-hydrogen) atoms. The molecule has 0 bridgehead atoms. The molecular formula is C15H18O6. The van der Waals surface area contributed by atoms with Crippen LogP contribution >= 0.6 is 0 Å². The van der Waals surface area contributed by atoms with Gasteiger partial charge in [-0.15, -0.1) is 0 Å². The average molecular weight is 294 g/mol. The second-order valence-corrected chi connectivity index (χ2v) is 4.37. The Balaban J connectivity index is 2.69. The minimum Gasteiger partial charge on any atom is -0.504 e. The van der Waals surface area contributed by atoms with Gasteiger partial charge in [-0.1, -0.05) is 42.5 Å². The summed E-state index contributed by atoms with van der Waals surface area (Å²) in [6.45, 7) is -0.816. The highest BCUT2D eigenvalue weighted by molar-refractivity contribution is 5.97. The van der Waals surface area contributed by atoms with Crippen LogP contribution in [0.3, 0.4) is 0 Å². The van der Waals surface area contributed by atoms with E-state index in [0.29, 0.717) is 0 Å². The number of carbonyl (C=O) groups excluding carboxylic acids is 1. The molecule has 0 radical (unpaired) electrons. The summed E-state index contributed by atoms with van der Waals surface area (Å²) in [5, 5.41) is 46.1. The van der Waals surface area contributed by atoms with Crippen LogP contribution in [-0.2, 0) is 4.79 Å². The van der Waals surface area contributed by atoms with Crippen LogP contribution in [0.1, 0.15) is 5.56 Å². The first kappa shape index (κ1) is 17.1. The zero-order valence-corrected chi connectivity index (χ0v) is 11.2. The molecule has 0 unspecified atom stereocenters. The van der Waals surface area contributed by atoms with Crippen LogP contribution in [-0.4, -0.2) is 56.2 Å². The molecule has 0 aliphatic heterocycles. The number of benzene rings is 1. The molecule has 0 aliphatic carbocycles. The van der Waals surface area contributed by atoms with Crippen molar-refractivity contribution in [1.29, 1.82) is 0 Å². The maximum absolute atomic E-state index is 11.6. The maximum Gasteiger partial charge on any atom is 0.228 e. The zero-order valence-electron chi connectivity index (χ0n) is 11.2. The van der Waals surface area contributed by atoms with Crippen LogP contribution < -0.4 is 0 Å². The highest BCUT2D eigenvalue weighted by Gasteiger charge is 2.31. The fourth-order valence-electron chi connectivity index (χ4n) is 1.52. The van der Waals surface area contributed by atoms with Gasteiger partial charge in [-0.3, -0.25) is 4.79 Å². The number of rotatable bonds is 7. The van der Waals surface area contributed by atoms with Gasteiger partial charge < -0.3 is 25.5 Å². The maximum atomic E-state index is 11.6. The van der Waals surface area contributed by atoms with E-state index in [1.54, 1.807) is 6.08 Å². The molecule has 1 rings (SSSR count). The summed E-state index contributed by atoms with van der Waals surface area (Å²) in [5.41, 5.74) is 0.852. The fraction of sp³-hybridized carbons (Fsp3) is 0.267. The second kappa shape index (κ2) is 8.33. The number of Topliss-reactive ketones (excluding diaryl/α,β-unsaturated/α-hetero) is 1. The SMILES string of the molecule is O=C(C(O)=CC=Cc1ccccc1)[C@@H](O)[C@H](O)[C@H](O)CO. The number of ketones is 1. The van der Waals surface area contributed by atoms with Gasteiger partial charge >= 0.3 is 0 Å². The molecule has 0 spiro atoms. The fourth-order valence-corrected chi connectivity index (χ4v) is 1.52. The van der Waals surface area contributed by atoms with Crippen molar-refractivity contribution in [3.8, 4) is 0 Å². The summed E-state index contributed by atoms with van der Waals surface area (Å²) in [6, 6.07) is 9.13. The zero-order chi connectivity index (χ0) is 15.8. The lowest BCUT2D eigenvalue weighted by atomic mass is 10.0. The molecule has 0 aromatic heterocycles. The van der Waals surface area contributed by atoms with Crippen LogP contribution in [0.5, 0.6) is 0 Å². The van der Waals surface area contributed by atoms with Gasteiger partial charge in [0.1, 0.15) is 18.3 Å². The minimum atomic E-state index is -2.02. The minimum absolute atomic E-state index is 0.765. The van der Waals surface area contributed by atoms with Gasteiger partial charge in [0.2, 0.25) is 5.78 Å². The quantitative estimate of drug-likeness (QED) is 0.270. The van der Waals surface area contributed by atoms with E-state index in [-0.39, 0.29) is 0 Å². The first-order valence-corrected chi connectivity index (χ1v) is 6.29. The standard InChI is InChI=1S/C15H18O6/c16-9-12(18)14(20)15(21)13(19)11(17)8-4-7-10-5-2-1-3-6-10/h1-8,12,14-18,20-21H,9H2/t12-,14-,15-/m1/s1. The predicted molar refractivity (Wildman–Crippen MR) is 76.3 cm³/mol. The van der Waals surface area contributed by atoms with Gasteiger partial charge in [-0.25, -0.2) is 0 Å². The molecule has 0 aliphatic rings. The Hall–Kier alpha value is -1.99. The number of carbonyl (C=O) groups is 1. The molecule has 0 heterocycles. The molecule has 1 aromatic rings. The molecule has 0 amide bonds. The van der Waals surface area contributed by atoms with E-state index in [4.69, 9.17) is 10.2 Å². The van der Waals surface area contributed by atoms with E-state index < -0.39 is 36.5 Å². The van der Waals surface area contributed by atoms with Crippen molar-refractivity contribution >= 4 is 11.9 Å². The van der Waals surface area contributed by atoms with Crippen molar-refractivity contribution in [2.45, 2.75) is 18.3 Å². The van der Waals surface area contributed by atoms with Crippen molar-refractivity contribution in [2.75, 3.05) is 6.61 Å². The number of allylic oxidation sites excluding steroid dienone is 2. The lowest BCUT2D eigenvalue weighted by molar-refractivity contribution is -0.138. The number of hydrogen-bond acceptors (Lipinski definition) is 6. The third-order valence-electron chi connectivity index (χ3n) is 2.77. The lowest BCUT2D eigenvalue weighted by Gasteiger charge is -2.19. The highest BCUT2D eigenvalue weighted by Crippen LogP contribution is 2.07. The average Bonchev–Trinajstić information content (AvgIpc) is 2.52. The van der Waals surface area contributed by atoms with Gasteiger partial charge in [0, 0.05) is 0 Å².